The Hall–Kier alpha value is -0.850. The Balaban J connectivity index is 2.59. The van der Waals surface area contributed by atoms with Gasteiger partial charge in [-0.15, -0.1) is 0 Å². The predicted molar refractivity (Wildman–Crippen MR) is 45.5 cm³/mol. The summed E-state index contributed by atoms with van der Waals surface area (Å²) in [4.78, 5) is 19.8. The van der Waals surface area contributed by atoms with Gasteiger partial charge < -0.3 is 5.11 Å². The van der Waals surface area contributed by atoms with Crippen molar-refractivity contribution in [2.24, 2.45) is 5.92 Å². The van der Waals surface area contributed by atoms with Crippen LogP contribution < -0.4 is 0 Å². The molecule has 5 N–H and O–H groups in total. The van der Waals surface area contributed by atoms with Gasteiger partial charge in [-0.3, -0.25) is 25.6 Å². The van der Waals surface area contributed by atoms with Gasteiger partial charge in [-0.25, -0.2) is 9.68 Å². The third kappa shape index (κ3) is 4.89. The zero-order chi connectivity index (χ0) is 13.0. The lowest BCUT2D eigenvalue weighted by Gasteiger charge is -2.32. The van der Waals surface area contributed by atoms with Crippen LogP contribution >= 0.6 is 0 Å². The Morgan fingerprint density at radius 2 is 1.35 bits per heavy atom. The van der Waals surface area contributed by atoms with E-state index in [4.69, 9.17) is 25.9 Å². The molecule has 10 heteroatoms. The summed E-state index contributed by atoms with van der Waals surface area (Å²) in [6.45, 7) is 0. The van der Waals surface area contributed by atoms with E-state index in [1.807, 2.05) is 0 Å². The topological polar surface area (TPSA) is 143 Å². The lowest BCUT2D eigenvalue weighted by atomic mass is 9.85. The van der Waals surface area contributed by atoms with Crippen molar-refractivity contribution < 1.29 is 40.4 Å². The van der Waals surface area contributed by atoms with Crippen molar-refractivity contribution >= 4 is 5.97 Å². The second-order valence-corrected chi connectivity index (χ2v) is 3.70. The molecule has 3 atom stereocenters. The first-order valence-corrected chi connectivity index (χ1v) is 4.80. The molecule has 1 aliphatic carbocycles. The molecule has 1 fully saturated rings. The SMILES string of the molecule is O=C(O)C1C[C@@H](ON(O)O)C[C@@H](ON(O)O)C1. The van der Waals surface area contributed by atoms with Crippen LogP contribution in [0.25, 0.3) is 0 Å². The van der Waals surface area contributed by atoms with E-state index >= 15 is 0 Å². The third-order valence-corrected chi connectivity index (χ3v) is 2.46. The van der Waals surface area contributed by atoms with Crippen LogP contribution in [0, 0.1) is 5.92 Å². The fraction of sp³-hybridized carbons (Fsp3) is 0.857. The van der Waals surface area contributed by atoms with E-state index in [9.17, 15) is 4.79 Å². The lowest BCUT2D eigenvalue weighted by molar-refractivity contribution is -0.520. The summed E-state index contributed by atoms with van der Waals surface area (Å²) >= 11 is 0. The van der Waals surface area contributed by atoms with Gasteiger partial charge in [0.1, 0.15) is 0 Å². The van der Waals surface area contributed by atoms with Crippen molar-refractivity contribution in [3.05, 3.63) is 0 Å². The first kappa shape index (κ1) is 14.2. The molecule has 17 heavy (non-hydrogen) atoms. The van der Waals surface area contributed by atoms with Crippen molar-refractivity contribution in [1.82, 2.24) is 10.8 Å². The largest absolute Gasteiger partial charge is 0.481 e. The highest BCUT2D eigenvalue weighted by molar-refractivity contribution is 5.70. The fourth-order valence-electron chi connectivity index (χ4n) is 1.86. The maximum absolute atomic E-state index is 10.8. The first-order valence-electron chi connectivity index (χ1n) is 4.80. The number of aliphatic carboxylic acids is 1. The van der Waals surface area contributed by atoms with Crippen LogP contribution in [-0.4, -0.2) is 54.9 Å². The molecule has 0 aromatic carbocycles. The molecule has 1 aliphatic rings. The minimum Gasteiger partial charge on any atom is -0.481 e. The number of hydrogen-bond donors (Lipinski definition) is 5. The minimum atomic E-state index is -1.10. The normalized spacial score (nSPS) is 29.9. The maximum Gasteiger partial charge on any atom is 0.306 e. The van der Waals surface area contributed by atoms with Crippen LogP contribution in [0.15, 0.2) is 0 Å². The summed E-state index contributed by atoms with van der Waals surface area (Å²) in [5.74, 6) is -1.93. The highest BCUT2D eigenvalue weighted by atomic mass is 17.1. The summed E-state index contributed by atoms with van der Waals surface area (Å²) in [6.07, 6.45) is -1.43. The number of carbonyl (C=O) groups is 1. The molecule has 0 spiro atoms. The van der Waals surface area contributed by atoms with E-state index in [1.54, 1.807) is 0 Å². The Morgan fingerprint density at radius 3 is 1.65 bits per heavy atom. The Morgan fingerprint density at radius 1 is 0.941 bits per heavy atom. The highest BCUT2D eigenvalue weighted by Gasteiger charge is 2.36. The molecule has 1 saturated carbocycles. The van der Waals surface area contributed by atoms with Crippen LogP contribution in [-0.2, 0) is 14.5 Å². The van der Waals surface area contributed by atoms with E-state index in [0.29, 0.717) is 0 Å². The van der Waals surface area contributed by atoms with Gasteiger partial charge in [0.2, 0.25) is 0 Å². The molecule has 0 amide bonds. The summed E-state index contributed by atoms with van der Waals surface area (Å²) < 4.78 is 0. The Kier molecular flexibility index (Phi) is 5.17. The van der Waals surface area contributed by atoms with Crippen molar-refractivity contribution in [2.75, 3.05) is 0 Å². The van der Waals surface area contributed by atoms with E-state index in [-0.39, 0.29) is 19.3 Å². The van der Waals surface area contributed by atoms with Gasteiger partial charge in [0.15, 0.2) is 0 Å². The number of hydrogen-bond acceptors (Lipinski definition) is 9. The summed E-state index contributed by atoms with van der Waals surface area (Å²) in [5, 5.41) is 41.7. The second kappa shape index (κ2) is 6.18. The number of carboxylic acids is 1. The van der Waals surface area contributed by atoms with Gasteiger partial charge in [0.05, 0.1) is 28.9 Å². The summed E-state index contributed by atoms with van der Waals surface area (Å²) in [7, 11) is 0. The first-order chi connectivity index (χ1) is 7.88. The summed E-state index contributed by atoms with van der Waals surface area (Å²) in [6, 6.07) is 0. The molecule has 0 aliphatic heterocycles. The van der Waals surface area contributed by atoms with Crippen LogP contribution in [0.4, 0.5) is 0 Å². The maximum atomic E-state index is 10.8. The van der Waals surface area contributed by atoms with E-state index in [0.717, 1.165) is 0 Å². The highest BCUT2D eigenvalue weighted by Crippen LogP contribution is 2.29. The van der Waals surface area contributed by atoms with E-state index in [2.05, 4.69) is 9.68 Å². The number of carboxylic acid groups (broad SMARTS) is 1. The average Bonchev–Trinajstić information content (AvgIpc) is 2.14. The van der Waals surface area contributed by atoms with Gasteiger partial charge in [-0.1, -0.05) is 0 Å². The van der Waals surface area contributed by atoms with E-state index in [1.165, 1.54) is 0 Å². The molecular weight excluding hydrogens is 240 g/mol. The van der Waals surface area contributed by atoms with Gasteiger partial charge in [-0.05, 0) is 12.8 Å². The molecule has 0 heterocycles. The zero-order valence-corrected chi connectivity index (χ0v) is 8.71. The molecule has 0 aromatic rings. The monoisotopic (exact) mass is 254 g/mol. The average molecular weight is 254 g/mol. The molecule has 0 aromatic heterocycles. The minimum absolute atomic E-state index is 0.0592. The quantitative estimate of drug-likeness (QED) is 0.412. The third-order valence-electron chi connectivity index (χ3n) is 2.46. The van der Waals surface area contributed by atoms with Crippen molar-refractivity contribution in [2.45, 2.75) is 31.5 Å². The van der Waals surface area contributed by atoms with Gasteiger partial charge in [0, 0.05) is 6.42 Å². The molecule has 1 rings (SSSR count). The van der Waals surface area contributed by atoms with Crippen molar-refractivity contribution in [1.29, 1.82) is 0 Å². The standard InChI is InChI=1S/C7H14N2O8/c10-7(11)4-1-5(16-8(12)13)3-6(2-4)17-9(14)15/h4-6,12-15H,1-3H2,(H,10,11)/t4?,5-,6+. The van der Waals surface area contributed by atoms with Crippen LogP contribution in [0.2, 0.25) is 0 Å². The van der Waals surface area contributed by atoms with Crippen molar-refractivity contribution in [3.63, 3.8) is 0 Å². The Labute approximate surface area is 95.5 Å². The molecule has 100 valence electrons. The number of nitrogens with zero attached hydrogens (tertiary/aromatic N) is 2. The van der Waals surface area contributed by atoms with E-state index < -0.39 is 34.9 Å². The molecular formula is C7H14N2O8. The van der Waals surface area contributed by atoms with Gasteiger partial charge in [-0.2, -0.15) is 0 Å². The van der Waals surface area contributed by atoms with Crippen molar-refractivity contribution in [3.8, 4) is 0 Å². The zero-order valence-electron chi connectivity index (χ0n) is 8.71. The summed E-state index contributed by atoms with van der Waals surface area (Å²) in [5.41, 5.74) is 0. The molecule has 1 unspecified atom stereocenters. The number of rotatable bonds is 5. The second-order valence-electron chi connectivity index (χ2n) is 3.70. The lowest BCUT2D eigenvalue weighted by Crippen LogP contribution is -2.40. The van der Waals surface area contributed by atoms with Crippen LogP contribution in [0.5, 0.6) is 0 Å². The fourth-order valence-corrected chi connectivity index (χ4v) is 1.86. The smallest absolute Gasteiger partial charge is 0.306 e. The van der Waals surface area contributed by atoms with Gasteiger partial charge in [0.25, 0.3) is 0 Å². The van der Waals surface area contributed by atoms with Crippen LogP contribution in [0.1, 0.15) is 19.3 Å². The van der Waals surface area contributed by atoms with Gasteiger partial charge >= 0.3 is 5.97 Å². The molecule has 0 saturated heterocycles. The molecule has 0 bridgehead atoms. The molecule has 10 nitrogen and oxygen atoms in total. The predicted octanol–water partition coefficient (Wildman–Crippen LogP) is -0.368. The molecule has 0 radical (unpaired) electrons. The van der Waals surface area contributed by atoms with Crippen LogP contribution in [0.3, 0.4) is 0 Å². The Bertz CT molecular complexity index is 242.